The number of aromatic nitrogens is 1. The van der Waals surface area contributed by atoms with Gasteiger partial charge in [-0.3, -0.25) is 4.98 Å². The van der Waals surface area contributed by atoms with E-state index in [0.29, 0.717) is 45.8 Å². The third-order valence-corrected chi connectivity index (χ3v) is 6.08. The molecular weight excluding hydrogens is 488 g/mol. The second kappa shape index (κ2) is 11.5. The molecule has 7 nitrogen and oxygen atoms in total. The molecule has 0 aliphatic rings. The molecule has 0 amide bonds. The number of anilines is 3. The van der Waals surface area contributed by atoms with Crippen molar-refractivity contribution in [2.45, 2.75) is 6.61 Å². The third-order valence-electron chi connectivity index (χ3n) is 5.78. The largest absolute Gasteiger partial charge is 0.493 e. The van der Waals surface area contributed by atoms with Crippen molar-refractivity contribution >= 4 is 28.7 Å². The number of nitrogens with one attached hydrogen (secondary N) is 1. The molecule has 0 saturated carbocycles. The first-order chi connectivity index (χ1) is 17.9. The minimum atomic E-state index is 0.389. The van der Waals surface area contributed by atoms with E-state index in [9.17, 15) is 5.26 Å². The number of pyridine rings is 1. The molecule has 0 aliphatic heterocycles. The number of nitrogens with zero attached hydrogens (tertiary/aromatic N) is 3. The zero-order chi connectivity index (χ0) is 26.4. The first kappa shape index (κ1) is 25.7. The van der Waals surface area contributed by atoms with E-state index in [0.717, 1.165) is 22.4 Å². The van der Waals surface area contributed by atoms with Gasteiger partial charge >= 0.3 is 0 Å². The van der Waals surface area contributed by atoms with Crippen molar-refractivity contribution in [3.05, 3.63) is 89.2 Å². The highest BCUT2D eigenvalue weighted by Gasteiger charge is 2.15. The van der Waals surface area contributed by atoms with Gasteiger partial charge < -0.3 is 24.4 Å². The Morgan fingerprint density at radius 3 is 2.43 bits per heavy atom. The van der Waals surface area contributed by atoms with Gasteiger partial charge in [0.25, 0.3) is 0 Å². The molecule has 0 saturated heterocycles. The second-order valence-corrected chi connectivity index (χ2v) is 8.82. The first-order valence-corrected chi connectivity index (χ1v) is 11.9. The van der Waals surface area contributed by atoms with Gasteiger partial charge in [-0.1, -0.05) is 29.8 Å². The van der Waals surface area contributed by atoms with Crippen LogP contribution in [0.1, 0.15) is 11.1 Å². The fourth-order valence-electron chi connectivity index (χ4n) is 3.83. The fourth-order valence-corrected chi connectivity index (χ4v) is 4.06. The summed E-state index contributed by atoms with van der Waals surface area (Å²) < 4.78 is 16.8. The van der Waals surface area contributed by atoms with Crippen LogP contribution in [-0.4, -0.2) is 33.3 Å². The molecule has 0 spiro atoms. The topological polar surface area (TPSA) is 79.6 Å². The van der Waals surface area contributed by atoms with Gasteiger partial charge in [-0.15, -0.1) is 0 Å². The summed E-state index contributed by atoms with van der Waals surface area (Å²) >= 11 is 6.57. The Morgan fingerprint density at radius 1 is 0.946 bits per heavy atom. The number of ether oxygens (including phenoxy) is 3. The van der Waals surface area contributed by atoms with Crippen LogP contribution in [0.5, 0.6) is 17.2 Å². The number of nitriles is 1. The molecule has 188 valence electrons. The number of hydrogen-bond donors (Lipinski definition) is 1. The molecule has 1 N–H and O–H groups in total. The van der Waals surface area contributed by atoms with Crippen LogP contribution in [0.15, 0.2) is 73.1 Å². The lowest BCUT2D eigenvalue weighted by molar-refractivity contribution is 0.306. The highest BCUT2D eigenvalue weighted by molar-refractivity contribution is 6.32. The highest BCUT2D eigenvalue weighted by Crippen LogP contribution is 2.38. The quantitative estimate of drug-likeness (QED) is 0.267. The zero-order valence-corrected chi connectivity index (χ0v) is 21.8. The van der Waals surface area contributed by atoms with Crippen LogP contribution in [0.2, 0.25) is 5.02 Å². The zero-order valence-electron chi connectivity index (χ0n) is 21.1. The maximum absolute atomic E-state index is 9.76. The second-order valence-electron chi connectivity index (χ2n) is 8.41. The third kappa shape index (κ3) is 5.88. The molecule has 0 bridgehead atoms. The molecule has 0 unspecified atom stereocenters. The van der Waals surface area contributed by atoms with Crippen molar-refractivity contribution in [3.63, 3.8) is 0 Å². The van der Waals surface area contributed by atoms with Crippen molar-refractivity contribution in [2.75, 3.05) is 38.5 Å². The normalized spacial score (nSPS) is 10.4. The van der Waals surface area contributed by atoms with E-state index in [4.69, 9.17) is 25.8 Å². The van der Waals surface area contributed by atoms with Gasteiger partial charge in [0, 0.05) is 43.4 Å². The Balaban J connectivity index is 1.59. The van der Waals surface area contributed by atoms with Crippen molar-refractivity contribution in [2.24, 2.45) is 0 Å². The standard InChI is InChI=1S/C29H27ClN4O3/c1-34(2)23-7-5-6-19(12-23)18-37-26-11-9-22(14-25(26)30)33-29-21(15-31)16-32-17-24(29)20-8-10-27(35-3)28(13-20)36-4/h5-14,16-17H,18H2,1-4H3,(H,32,33). The maximum atomic E-state index is 9.76. The van der Waals surface area contributed by atoms with Crippen molar-refractivity contribution in [3.8, 4) is 34.4 Å². The summed E-state index contributed by atoms with van der Waals surface area (Å²) in [4.78, 5) is 6.29. The summed E-state index contributed by atoms with van der Waals surface area (Å²) in [5.74, 6) is 1.76. The Bertz CT molecular complexity index is 1450. The molecule has 3 aromatic carbocycles. The molecule has 8 heteroatoms. The number of benzene rings is 3. The minimum absolute atomic E-state index is 0.389. The van der Waals surface area contributed by atoms with E-state index in [1.54, 1.807) is 26.5 Å². The Hall–Kier alpha value is -4.41. The summed E-state index contributed by atoms with van der Waals surface area (Å²) in [6, 6.07) is 21.3. The number of hydrogen-bond acceptors (Lipinski definition) is 7. The molecule has 1 heterocycles. The predicted molar refractivity (Wildman–Crippen MR) is 147 cm³/mol. The van der Waals surface area contributed by atoms with E-state index >= 15 is 0 Å². The van der Waals surface area contributed by atoms with Crippen LogP contribution in [0.25, 0.3) is 11.1 Å². The van der Waals surface area contributed by atoms with Crippen LogP contribution in [0.4, 0.5) is 17.1 Å². The van der Waals surface area contributed by atoms with Crippen LogP contribution in [0.3, 0.4) is 0 Å². The average molecular weight is 515 g/mol. The van der Waals surface area contributed by atoms with E-state index in [2.05, 4.69) is 22.4 Å². The van der Waals surface area contributed by atoms with Crippen LogP contribution in [-0.2, 0) is 6.61 Å². The van der Waals surface area contributed by atoms with E-state index in [1.165, 1.54) is 6.20 Å². The van der Waals surface area contributed by atoms with Gasteiger partial charge in [0.1, 0.15) is 18.4 Å². The maximum Gasteiger partial charge on any atom is 0.161 e. The van der Waals surface area contributed by atoms with Crippen LogP contribution < -0.4 is 24.4 Å². The van der Waals surface area contributed by atoms with Crippen molar-refractivity contribution in [1.82, 2.24) is 4.98 Å². The van der Waals surface area contributed by atoms with Gasteiger partial charge in [0.2, 0.25) is 0 Å². The van der Waals surface area contributed by atoms with Gasteiger partial charge in [-0.25, -0.2) is 0 Å². The summed E-state index contributed by atoms with van der Waals surface area (Å²) in [7, 11) is 7.16. The van der Waals surface area contributed by atoms with Gasteiger partial charge in [0.05, 0.1) is 30.5 Å². The molecular formula is C29H27ClN4O3. The summed E-state index contributed by atoms with van der Waals surface area (Å²) in [6.07, 6.45) is 3.22. The van der Waals surface area contributed by atoms with Gasteiger partial charge in [-0.05, 0) is 53.6 Å². The summed E-state index contributed by atoms with van der Waals surface area (Å²) in [6.45, 7) is 0.389. The van der Waals surface area contributed by atoms with Gasteiger partial charge in [-0.2, -0.15) is 5.26 Å². The molecule has 4 rings (SSSR count). The fraction of sp³-hybridized carbons (Fsp3) is 0.172. The van der Waals surface area contributed by atoms with Crippen molar-refractivity contribution in [1.29, 1.82) is 5.26 Å². The molecule has 37 heavy (non-hydrogen) atoms. The molecule has 0 fully saturated rings. The average Bonchev–Trinajstić information content (AvgIpc) is 2.92. The molecule has 1 aromatic heterocycles. The number of halogens is 1. The highest BCUT2D eigenvalue weighted by atomic mass is 35.5. The Labute approximate surface area is 221 Å². The summed E-state index contributed by atoms with van der Waals surface area (Å²) in [5, 5.41) is 13.5. The number of methoxy groups -OCH3 is 2. The van der Waals surface area contributed by atoms with Crippen molar-refractivity contribution < 1.29 is 14.2 Å². The number of rotatable bonds is 9. The van der Waals surface area contributed by atoms with E-state index in [-0.39, 0.29) is 0 Å². The Morgan fingerprint density at radius 2 is 1.73 bits per heavy atom. The predicted octanol–water partition coefficient (Wildman–Crippen LogP) is 6.68. The molecule has 0 atom stereocenters. The Kier molecular flexibility index (Phi) is 8.02. The van der Waals surface area contributed by atoms with E-state index < -0.39 is 0 Å². The molecule has 4 aromatic rings. The van der Waals surface area contributed by atoms with Crippen LogP contribution in [0, 0.1) is 11.3 Å². The SMILES string of the molecule is COc1ccc(-c2cncc(C#N)c2Nc2ccc(OCc3cccc(N(C)C)c3)c(Cl)c2)cc1OC. The minimum Gasteiger partial charge on any atom is -0.493 e. The van der Waals surface area contributed by atoms with E-state index in [1.807, 2.05) is 67.5 Å². The monoisotopic (exact) mass is 514 g/mol. The lowest BCUT2D eigenvalue weighted by Crippen LogP contribution is -2.09. The van der Waals surface area contributed by atoms with Crippen LogP contribution >= 0.6 is 11.6 Å². The smallest absolute Gasteiger partial charge is 0.161 e. The summed E-state index contributed by atoms with van der Waals surface area (Å²) in [5.41, 5.74) is 5.39. The molecule has 0 radical (unpaired) electrons. The lowest BCUT2D eigenvalue weighted by Gasteiger charge is -2.16. The first-order valence-electron chi connectivity index (χ1n) is 11.5. The molecule has 0 aliphatic carbocycles. The lowest BCUT2D eigenvalue weighted by atomic mass is 10.0. The van der Waals surface area contributed by atoms with Gasteiger partial charge in [0.15, 0.2) is 11.5 Å².